The maximum absolute atomic E-state index is 12.5. The van der Waals surface area contributed by atoms with E-state index in [0.29, 0.717) is 6.42 Å². The number of carbonyl (C=O) groups excluding carboxylic acids is 2. The third-order valence-corrected chi connectivity index (χ3v) is 8.85. The van der Waals surface area contributed by atoms with Crippen molar-refractivity contribution < 1.29 is 37.6 Å². The maximum Gasteiger partial charge on any atom is 0.472 e. The molecule has 52 heavy (non-hydrogen) atoms. The van der Waals surface area contributed by atoms with Gasteiger partial charge in [0.1, 0.15) is 6.61 Å². The van der Waals surface area contributed by atoms with Gasteiger partial charge in [-0.05, 0) is 51.4 Å². The first kappa shape index (κ1) is 49.5. The lowest BCUT2D eigenvalue weighted by Crippen LogP contribution is -2.29. The summed E-state index contributed by atoms with van der Waals surface area (Å²) in [4.78, 5) is 34.7. The highest BCUT2D eigenvalue weighted by molar-refractivity contribution is 7.47. The van der Waals surface area contributed by atoms with Crippen molar-refractivity contribution in [3.8, 4) is 0 Å². The predicted octanol–water partition coefficient (Wildman–Crippen LogP) is 11.1. The smallest absolute Gasteiger partial charge is 0.462 e. The summed E-state index contributed by atoms with van der Waals surface area (Å²) in [6.07, 6.45) is 45.2. The molecule has 0 aliphatic heterocycles. The highest BCUT2D eigenvalue weighted by Crippen LogP contribution is 2.43. The minimum atomic E-state index is -4.39. The van der Waals surface area contributed by atoms with Gasteiger partial charge in [0, 0.05) is 19.4 Å². The number of ether oxygens (including phenoxy) is 2. The fourth-order valence-corrected chi connectivity index (χ4v) is 5.72. The molecule has 0 saturated heterocycles. The van der Waals surface area contributed by atoms with E-state index in [4.69, 9.17) is 24.3 Å². The number of nitrogens with two attached hydrogens (primary N) is 1. The van der Waals surface area contributed by atoms with Gasteiger partial charge >= 0.3 is 19.8 Å². The van der Waals surface area contributed by atoms with Gasteiger partial charge in [0.05, 0.1) is 13.2 Å². The van der Waals surface area contributed by atoms with Crippen LogP contribution >= 0.6 is 7.82 Å². The molecule has 0 radical (unpaired) electrons. The summed E-state index contributed by atoms with van der Waals surface area (Å²) in [5, 5.41) is 0. The number of phosphoric acid groups is 1. The summed E-state index contributed by atoms with van der Waals surface area (Å²) in [7, 11) is -4.39. The number of rotatable bonds is 36. The molecule has 10 heteroatoms. The van der Waals surface area contributed by atoms with Crippen LogP contribution in [0.15, 0.2) is 72.9 Å². The van der Waals surface area contributed by atoms with Gasteiger partial charge < -0.3 is 20.1 Å². The first-order valence-electron chi connectivity index (χ1n) is 19.9. The van der Waals surface area contributed by atoms with Crippen LogP contribution in [0.25, 0.3) is 0 Å². The molecule has 2 atom stereocenters. The highest BCUT2D eigenvalue weighted by Gasteiger charge is 2.25. The van der Waals surface area contributed by atoms with E-state index < -0.39 is 32.5 Å². The Bertz CT molecular complexity index is 1080. The molecule has 0 aliphatic rings. The van der Waals surface area contributed by atoms with Gasteiger partial charge in [-0.15, -0.1) is 0 Å². The maximum atomic E-state index is 12.5. The van der Waals surface area contributed by atoms with Crippen molar-refractivity contribution in [3.63, 3.8) is 0 Å². The van der Waals surface area contributed by atoms with Crippen molar-refractivity contribution in [2.75, 3.05) is 26.4 Å². The molecule has 9 nitrogen and oxygen atoms in total. The predicted molar refractivity (Wildman–Crippen MR) is 215 cm³/mol. The second-order valence-electron chi connectivity index (χ2n) is 12.8. The van der Waals surface area contributed by atoms with E-state index in [0.717, 1.165) is 57.8 Å². The van der Waals surface area contributed by atoms with Crippen molar-refractivity contribution >= 4 is 19.8 Å². The number of esters is 2. The van der Waals surface area contributed by atoms with E-state index in [1.807, 2.05) is 12.2 Å². The molecule has 0 rings (SSSR count). The van der Waals surface area contributed by atoms with E-state index in [-0.39, 0.29) is 32.6 Å². The molecule has 0 aromatic heterocycles. The standard InChI is InChI=1S/C42H72NO8P/c1-3-5-7-9-11-13-15-17-18-19-20-21-22-23-25-27-29-31-33-35-42(45)51-40(39-50-52(46,47)49-37-36-43)38-48-41(44)34-32-30-28-26-24-16-14-12-10-8-6-4-2/h5,7,11,13,17-18,20-21,23,25,29,31,40H,3-4,6,8-10,12,14-16,19,22,24,26-28,30,32-39,43H2,1-2H3,(H,46,47)/b7-5-,13-11-,18-17-,21-20-,25-23-,31-29-. The van der Waals surface area contributed by atoms with Crippen molar-refractivity contribution in [3.05, 3.63) is 72.9 Å². The molecule has 0 aliphatic carbocycles. The van der Waals surface area contributed by atoms with E-state index >= 15 is 0 Å². The summed E-state index contributed by atoms with van der Waals surface area (Å²) >= 11 is 0. The third-order valence-electron chi connectivity index (χ3n) is 7.87. The zero-order valence-corrected chi connectivity index (χ0v) is 33.4. The lowest BCUT2D eigenvalue weighted by molar-refractivity contribution is -0.161. The van der Waals surface area contributed by atoms with Crippen LogP contribution in [-0.4, -0.2) is 49.3 Å². The number of carbonyl (C=O) groups is 2. The van der Waals surface area contributed by atoms with Crippen LogP contribution in [0.1, 0.15) is 149 Å². The molecule has 3 N–H and O–H groups in total. The van der Waals surface area contributed by atoms with Crippen molar-refractivity contribution in [2.45, 2.75) is 155 Å². The van der Waals surface area contributed by atoms with E-state index in [2.05, 4.69) is 74.6 Å². The van der Waals surface area contributed by atoms with Crippen LogP contribution < -0.4 is 5.73 Å². The van der Waals surface area contributed by atoms with Crippen LogP contribution in [-0.2, 0) is 32.7 Å². The Morgan fingerprint density at radius 1 is 0.596 bits per heavy atom. The molecule has 0 heterocycles. The largest absolute Gasteiger partial charge is 0.472 e. The van der Waals surface area contributed by atoms with Crippen molar-refractivity contribution in [1.82, 2.24) is 0 Å². The summed E-state index contributed by atoms with van der Waals surface area (Å²) in [6, 6.07) is 0. The van der Waals surface area contributed by atoms with Gasteiger partial charge in [-0.1, -0.05) is 157 Å². The second-order valence-corrected chi connectivity index (χ2v) is 14.2. The molecule has 0 fully saturated rings. The molecule has 0 spiro atoms. The zero-order chi connectivity index (χ0) is 38.2. The monoisotopic (exact) mass is 749 g/mol. The summed E-state index contributed by atoms with van der Waals surface area (Å²) < 4.78 is 32.6. The van der Waals surface area contributed by atoms with E-state index in [9.17, 15) is 19.0 Å². The first-order chi connectivity index (χ1) is 25.3. The molecular weight excluding hydrogens is 677 g/mol. The Hall–Kier alpha value is -2.55. The number of allylic oxidation sites excluding steroid dienone is 12. The second kappa shape index (κ2) is 38.2. The zero-order valence-electron chi connectivity index (χ0n) is 32.5. The molecular formula is C42H72NO8P. The molecule has 0 aromatic rings. The normalized spacial score (nSPS) is 14.2. The third kappa shape index (κ3) is 37.2. The molecule has 0 amide bonds. The number of phosphoric ester groups is 1. The molecule has 2 unspecified atom stereocenters. The molecule has 0 saturated carbocycles. The summed E-state index contributed by atoms with van der Waals surface area (Å²) in [6.45, 7) is 3.50. The average molecular weight is 750 g/mol. The topological polar surface area (TPSA) is 134 Å². The van der Waals surface area contributed by atoms with Gasteiger partial charge in [0.15, 0.2) is 6.10 Å². The Morgan fingerprint density at radius 3 is 1.54 bits per heavy atom. The molecule has 0 aromatic carbocycles. The van der Waals surface area contributed by atoms with Crippen LogP contribution in [0.3, 0.4) is 0 Å². The SMILES string of the molecule is CC/C=C\C/C=C\C/C=C\C/C=C\C/C=C\C/C=C\CCC(=O)OC(COC(=O)CCCCCCCCCCCCCC)COP(=O)(O)OCCN. The minimum absolute atomic E-state index is 0.0393. The number of unbranched alkanes of at least 4 members (excludes halogenated alkanes) is 11. The van der Waals surface area contributed by atoms with Gasteiger partial charge in [0.2, 0.25) is 0 Å². The van der Waals surface area contributed by atoms with Crippen LogP contribution in [0.4, 0.5) is 0 Å². The number of hydrogen-bond donors (Lipinski definition) is 2. The summed E-state index contributed by atoms with van der Waals surface area (Å²) in [5.41, 5.74) is 5.33. The fourth-order valence-electron chi connectivity index (χ4n) is 4.95. The van der Waals surface area contributed by atoms with Gasteiger partial charge in [0.25, 0.3) is 0 Å². The first-order valence-corrected chi connectivity index (χ1v) is 21.4. The molecule has 298 valence electrons. The Kier molecular flexibility index (Phi) is 36.3. The Morgan fingerprint density at radius 2 is 1.06 bits per heavy atom. The van der Waals surface area contributed by atoms with Gasteiger partial charge in [-0.25, -0.2) is 4.57 Å². The lowest BCUT2D eigenvalue weighted by Gasteiger charge is -2.19. The van der Waals surface area contributed by atoms with Crippen LogP contribution in [0.2, 0.25) is 0 Å². The number of hydrogen-bond acceptors (Lipinski definition) is 8. The Balaban J connectivity index is 4.35. The van der Waals surface area contributed by atoms with Gasteiger partial charge in [-0.3, -0.25) is 18.6 Å². The molecule has 0 bridgehead atoms. The average Bonchev–Trinajstić information content (AvgIpc) is 3.13. The van der Waals surface area contributed by atoms with Crippen molar-refractivity contribution in [2.24, 2.45) is 5.73 Å². The lowest BCUT2D eigenvalue weighted by atomic mass is 10.0. The van der Waals surface area contributed by atoms with Gasteiger partial charge in [-0.2, -0.15) is 0 Å². The quantitative estimate of drug-likeness (QED) is 0.0278. The van der Waals surface area contributed by atoms with E-state index in [1.165, 1.54) is 57.8 Å². The highest BCUT2D eigenvalue weighted by atomic mass is 31.2. The fraction of sp³-hybridized carbons (Fsp3) is 0.667. The van der Waals surface area contributed by atoms with Crippen LogP contribution in [0.5, 0.6) is 0 Å². The van der Waals surface area contributed by atoms with E-state index in [1.54, 1.807) is 0 Å². The summed E-state index contributed by atoms with van der Waals surface area (Å²) in [5.74, 6) is -0.932. The van der Waals surface area contributed by atoms with Crippen LogP contribution in [0, 0.1) is 0 Å². The van der Waals surface area contributed by atoms with Crippen molar-refractivity contribution in [1.29, 1.82) is 0 Å². The Labute approximate surface area is 316 Å². The minimum Gasteiger partial charge on any atom is -0.462 e.